The van der Waals surface area contributed by atoms with Gasteiger partial charge in [-0.1, -0.05) is 0 Å². The Morgan fingerprint density at radius 1 is 0.643 bits per heavy atom. The van der Waals surface area contributed by atoms with Crippen LogP contribution in [-0.4, -0.2) is 144 Å². The van der Waals surface area contributed by atoms with Crippen molar-refractivity contribution < 1.29 is 30.6 Å². The quantitative estimate of drug-likeness (QED) is 0.276. The van der Waals surface area contributed by atoms with Gasteiger partial charge in [0.25, 0.3) is 0 Å². The molecule has 0 radical (unpaired) electrons. The van der Waals surface area contributed by atoms with Crippen LogP contribution in [-0.2, 0) is 0 Å². The van der Waals surface area contributed by atoms with Crippen molar-refractivity contribution in [2.75, 3.05) is 13.2 Å². The third-order valence-electron chi connectivity index (χ3n) is 1.51. The van der Waals surface area contributed by atoms with E-state index in [9.17, 15) is 0 Å². The molecule has 0 aromatic carbocycles. The molecule has 8 heteroatoms. The van der Waals surface area contributed by atoms with Crippen LogP contribution in [0.2, 0.25) is 0 Å². The van der Waals surface area contributed by atoms with Crippen molar-refractivity contribution in [1.29, 1.82) is 0 Å². The van der Waals surface area contributed by atoms with Crippen molar-refractivity contribution in [2.24, 2.45) is 0 Å². The molecule has 0 aliphatic heterocycles. The predicted octanol–water partition coefficient (Wildman–Crippen LogP) is -5.42. The summed E-state index contributed by atoms with van der Waals surface area (Å²) in [5.41, 5.74) is 0. The summed E-state index contributed by atoms with van der Waals surface area (Å²) in [6.07, 6.45) is -6.39. The molecule has 0 aliphatic carbocycles. The van der Waals surface area contributed by atoms with E-state index in [1.807, 2.05) is 0 Å². The maximum atomic E-state index is 8.96. The van der Waals surface area contributed by atoms with E-state index in [4.69, 9.17) is 30.6 Å². The minimum absolute atomic E-state index is 0. The van der Waals surface area contributed by atoms with Crippen molar-refractivity contribution in [2.45, 2.75) is 24.4 Å². The third-order valence-corrected chi connectivity index (χ3v) is 1.51. The number of hydrogen-bond acceptors (Lipinski definition) is 6. The topological polar surface area (TPSA) is 121 Å². The molecule has 0 heterocycles. The standard InChI is InChI=1S/C6H14O6.2Ca.4H/c7-1-3(9)5(11)6(12)4(10)2-8;;;;;;/h3-12H,1-2H2;;;;;;/t3-,4+,5-,6-;;;;;;/m1....../s1. The molecule has 0 saturated carbocycles. The summed E-state index contributed by atoms with van der Waals surface area (Å²) >= 11 is 0. The summed E-state index contributed by atoms with van der Waals surface area (Å²) in [6, 6.07) is 0. The van der Waals surface area contributed by atoms with E-state index in [1.165, 1.54) is 0 Å². The summed E-state index contributed by atoms with van der Waals surface area (Å²) in [5, 5.41) is 52.2. The molecule has 0 aliphatic rings. The van der Waals surface area contributed by atoms with Crippen LogP contribution in [0, 0.1) is 0 Å². The molecule has 6 N–H and O–H groups in total. The number of rotatable bonds is 5. The molecule has 0 aromatic rings. The Labute approximate surface area is 142 Å². The van der Waals surface area contributed by atoms with E-state index in [-0.39, 0.29) is 75.5 Å². The Balaban J connectivity index is -0.000000605. The Morgan fingerprint density at radius 3 is 1.00 bits per heavy atom. The first kappa shape index (κ1) is 21.6. The average Bonchev–Trinajstić information content (AvgIpc) is 2.12. The molecule has 0 fully saturated rings. The molecule has 0 spiro atoms. The van der Waals surface area contributed by atoms with Crippen LogP contribution < -0.4 is 0 Å². The second kappa shape index (κ2) is 11.8. The van der Waals surface area contributed by atoms with Gasteiger partial charge in [-0.3, -0.25) is 0 Å². The minimum atomic E-state index is -1.67. The summed E-state index contributed by atoms with van der Waals surface area (Å²) in [6.45, 7) is -1.45. The van der Waals surface area contributed by atoms with Crippen LogP contribution in [0.5, 0.6) is 0 Å². The van der Waals surface area contributed by atoms with Gasteiger partial charge in [0.05, 0.1) is 13.2 Å². The number of aliphatic hydroxyl groups excluding tert-OH is 6. The van der Waals surface area contributed by atoms with E-state index >= 15 is 0 Å². The summed E-state index contributed by atoms with van der Waals surface area (Å²) in [5.74, 6) is 0. The molecular formula is C6H18Ca2O6. The second-order valence-corrected chi connectivity index (χ2v) is 2.48. The van der Waals surface area contributed by atoms with E-state index in [1.54, 1.807) is 0 Å². The molecule has 4 atom stereocenters. The monoisotopic (exact) mass is 266 g/mol. The first-order valence-corrected chi connectivity index (χ1v) is 3.48. The first-order valence-electron chi connectivity index (χ1n) is 3.48. The molecule has 14 heavy (non-hydrogen) atoms. The van der Waals surface area contributed by atoms with Crippen LogP contribution in [0.4, 0.5) is 0 Å². The molecular weight excluding hydrogens is 248 g/mol. The molecule has 82 valence electrons. The van der Waals surface area contributed by atoms with Crippen LogP contribution in [0.1, 0.15) is 0 Å². The third kappa shape index (κ3) is 7.54. The zero-order chi connectivity index (χ0) is 9.72. The van der Waals surface area contributed by atoms with E-state index in [0.717, 1.165) is 0 Å². The first-order chi connectivity index (χ1) is 5.54. The summed E-state index contributed by atoms with van der Waals surface area (Å²) < 4.78 is 0. The molecule has 0 bridgehead atoms. The Bertz CT molecular complexity index is 113. The van der Waals surface area contributed by atoms with E-state index < -0.39 is 37.6 Å². The number of hydrogen-bond donors (Lipinski definition) is 6. The summed E-state index contributed by atoms with van der Waals surface area (Å²) in [4.78, 5) is 0. The molecule has 0 saturated heterocycles. The summed E-state index contributed by atoms with van der Waals surface area (Å²) in [7, 11) is 0. The van der Waals surface area contributed by atoms with Gasteiger partial charge in [-0.2, -0.15) is 0 Å². The fourth-order valence-corrected chi connectivity index (χ4v) is 0.671. The average molecular weight is 266 g/mol. The zero-order valence-corrected chi connectivity index (χ0v) is 6.41. The molecule has 0 aromatic heterocycles. The van der Waals surface area contributed by atoms with Gasteiger partial charge in [-0.15, -0.1) is 0 Å². The molecule has 0 amide bonds. The van der Waals surface area contributed by atoms with Gasteiger partial charge in [0.15, 0.2) is 0 Å². The van der Waals surface area contributed by atoms with E-state index in [2.05, 4.69) is 0 Å². The van der Waals surface area contributed by atoms with Gasteiger partial charge in [-0.05, 0) is 0 Å². The van der Waals surface area contributed by atoms with Gasteiger partial charge < -0.3 is 30.6 Å². The van der Waals surface area contributed by atoms with Crippen molar-refractivity contribution >= 4 is 75.5 Å². The van der Waals surface area contributed by atoms with E-state index in [0.29, 0.717) is 0 Å². The number of aliphatic hydroxyl groups is 6. The fourth-order valence-electron chi connectivity index (χ4n) is 0.671. The fraction of sp³-hybridized carbons (Fsp3) is 1.00. The Morgan fingerprint density at radius 2 is 0.857 bits per heavy atom. The van der Waals surface area contributed by atoms with Gasteiger partial charge >= 0.3 is 75.5 Å². The van der Waals surface area contributed by atoms with Crippen molar-refractivity contribution in [3.8, 4) is 0 Å². The van der Waals surface area contributed by atoms with Gasteiger partial charge in [0.1, 0.15) is 24.4 Å². The zero-order valence-electron chi connectivity index (χ0n) is 6.41. The normalized spacial score (nSPS) is 18.4. The Kier molecular flexibility index (Phi) is 18.1. The predicted molar refractivity (Wildman–Crippen MR) is 55.3 cm³/mol. The van der Waals surface area contributed by atoms with Crippen LogP contribution in [0.3, 0.4) is 0 Å². The molecule has 6 nitrogen and oxygen atoms in total. The van der Waals surface area contributed by atoms with Crippen molar-refractivity contribution in [3.63, 3.8) is 0 Å². The van der Waals surface area contributed by atoms with Crippen LogP contribution in [0.25, 0.3) is 0 Å². The van der Waals surface area contributed by atoms with Crippen molar-refractivity contribution in [1.82, 2.24) is 0 Å². The van der Waals surface area contributed by atoms with Gasteiger partial charge in [0, 0.05) is 0 Å². The molecule has 0 rings (SSSR count). The van der Waals surface area contributed by atoms with Crippen LogP contribution >= 0.6 is 0 Å². The molecule has 0 unspecified atom stereocenters. The second-order valence-electron chi connectivity index (χ2n) is 2.48. The SMILES string of the molecule is OC[C@@H](O)[C@@H](O)[C@H](O)[C@@H](O)CO.[CaH2].[CaH2]. The maximum absolute atomic E-state index is 8.96. The Hall–Kier alpha value is 2.28. The van der Waals surface area contributed by atoms with Gasteiger partial charge in [-0.25, -0.2) is 0 Å². The van der Waals surface area contributed by atoms with Crippen LogP contribution in [0.15, 0.2) is 0 Å². The van der Waals surface area contributed by atoms with Gasteiger partial charge in [0.2, 0.25) is 0 Å². The van der Waals surface area contributed by atoms with Crippen molar-refractivity contribution in [3.05, 3.63) is 0 Å².